The number of hydrogen-bond acceptors (Lipinski definition) is 5. The molecule has 10 heteroatoms. The molecule has 2 saturated heterocycles. The molecule has 1 unspecified atom stereocenters. The second-order valence-corrected chi connectivity index (χ2v) is 10.0. The number of aromatic nitrogens is 1. The summed E-state index contributed by atoms with van der Waals surface area (Å²) in [5, 5.41) is 12.3. The molecule has 7 nitrogen and oxygen atoms in total. The summed E-state index contributed by atoms with van der Waals surface area (Å²) in [6, 6.07) is 9.30. The van der Waals surface area contributed by atoms with E-state index in [2.05, 4.69) is 10.2 Å². The maximum absolute atomic E-state index is 12.8. The Kier molecular flexibility index (Phi) is 8.59. The van der Waals surface area contributed by atoms with Crippen molar-refractivity contribution in [2.24, 2.45) is 5.92 Å². The Bertz CT molecular complexity index is 1090. The largest absolute Gasteiger partial charge is 0.396 e. The Balaban J connectivity index is 1.57. The molecular weight excluding hydrogens is 485 g/mol. The Morgan fingerprint density at radius 2 is 1.97 bits per heavy atom. The molecule has 0 aliphatic carbocycles. The van der Waals surface area contributed by atoms with Crippen molar-refractivity contribution in [3.05, 3.63) is 41.6 Å². The van der Waals surface area contributed by atoms with Crippen LogP contribution in [0.4, 0.5) is 29.5 Å². The minimum atomic E-state index is -4.22. The number of likely N-dealkylation sites (tertiary alicyclic amines) is 1. The number of benzene rings is 1. The summed E-state index contributed by atoms with van der Waals surface area (Å²) >= 11 is 0. The summed E-state index contributed by atoms with van der Waals surface area (Å²) in [4.78, 5) is 21.3. The van der Waals surface area contributed by atoms with Gasteiger partial charge in [-0.25, -0.2) is 9.78 Å². The summed E-state index contributed by atoms with van der Waals surface area (Å²) < 4.78 is 43.7. The average Bonchev–Trinajstić information content (AvgIpc) is 3.32. The van der Waals surface area contributed by atoms with E-state index in [-0.39, 0.29) is 25.1 Å². The number of morpholine rings is 1. The summed E-state index contributed by atoms with van der Waals surface area (Å²) in [5.74, 6) is 0.351. The molecular formula is C27H35F3N4O3. The predicted molar refractivity (Wildman–Crippen MR) is 137 cm³/mol. The molecule has 4 rings (SSSR count). The number of pyridine rings is 1. The Hall–Kier alpha value is -2.85. The Morgan fingerprint density at radius 1 is 1.22 bits per heavy atom. The monoisotopic (exact) mass is 520 g/mol. The molecule has 2 N–H and O–H groups in total. The van der Waals surface area contributed by atoms with Gasteiger partial charge in [0.2, 0.25) is 0 Å². The standard InChI is InChI=1S/C27H35F3N4O3/c1-18-3-4-22(31-26(36)34-7-5-20(17-34)16-27(28,29)30)15-23(18)21-13-24(19(2)6-10-35)32-25(14-21)33-8-11-37-12-9-33/h3-4,13-15,19-20,35H,5-12,16-17H2,1-2H3,(H,31,36)/t19?,20-/m0/s1. The van der Waals surface area contributed by atoms with Crippen LogP contribution in [-0.4, -0.2) is 73.2 Å². The van der Waals surface area contributed by atoms with Crippen molar-refractivity contribution in [3.8, 4) is 11.1 Å². The number of rotatable bonds is 7. The van der Waals surface area contributed by atoms with Gasteiger partial charge in [-0.3, -0.25) is 0 Å². The number of urea groups is 1. The van der Waals surface area contributed by atoms with Crippen molar-refractivity contribution < 1.29 is 27.8 Å². The van der Waals surface area contributed by atoms with Crippen molar-refractivity contribution in [2.75, 3.05) is 56.2 Å². The fourth-order valence-electron chi connectivity index (χ4n) is 4.97. The number of ether oxygens (including phenoxy) is 1. The van der Waals surface area contributed by atoms with Crippen LogP contribution >= 0.6 is 0 Å². The molecule has 2 atom stereocenters. The molecule has 0 radical (unpaired) electrons. The van der Waals surface area contributed by atoms with Crippen LogP contribution in [0.1, 0.15) is 43.4 Å². The van der Waals surface area contributed by atoms with E-state index < -0.39 is 18.5 Å². The van der Waals surface area contributed by atoms with Crippen molar-refractivity contribution >= 4 is 17.5 Å². The van der Waals surface area contributed by atoms with Crippen LogP contribution in [0.2, 0.25) is 0 Å². The van der Waals surface area contributed by atoms with Gasteiger partial charge in [0.15, 0.2) is 0 Å². The maximum Gasteiger partial charge on any atom is 0.389 e. The van der Waals surface area contributed by atoms with Crippen molar-refractivity contribution in [1.29, 1.82) is 0 Å². The molecule has 1 aromatic heterocycles. The van der Waals surface area contributed by atoms with Crippen LogP contribution in [0.3, 0.4) is 0 Å². The van der Waals surface area contributed by atoms with Crippen LogP contribution in [0.15, 0.2) is 30.3 Å². The number of aryl methyl sites for hydroxylation is 1. The van der Waals surface area contributed by atoms with E-state index in [1.165, 1.54) is 4.90 Å². The number of amides is 2. The van der Waals surface area contributed by atoms with E-state index in [4.69, 9.17) is 9.72 Å². The van der Waals surface area contributed by atoms with Gasteiger partial charge in [-0.2, -0.15) is 13.2 Å². The van der Waals surface area contributed by atoms with Crippen LogP contribution < -0.4 is 10.2 Å². The highest BCUT2D eigenvalue weighted by Crippen LogP contribution is 2.33. The highest BCUT2D eigenvalue weighted by Gasteiger charge is 2.36. The summed E-state index contributed by atoms with van der Waals surface area (Å²) in [6.07, 6.45) is -4.14. The third kappa shape index (κ3) is 7.13. The second-order valence-electron chi connectivity index (χ2n) is 10.0. The molecule has 2 aliphatic rings. The Morgan fingerprint density at radius 3 is 2.68 bits per heavy atom. The van der Waals surface area contributed by atoms with E-state index >= 15 is 0 Å². The molecule has 2 aliphatic heterocycles. The molecule has 3 heterocycles. The quantitative estimate of drug-likeness (QED) is 0.526. The average molecular weight is 521 g/mol. The van der Waals surface area contributed by atoms with E-state index in [9.17, 15) is 23.1 Å². The number of halogens is 3. The highest BCUT2D eigenvalue weighted by atomic mass is 19.4. The first-order valence-corrected chi connectivity index (χ1v) is 12.8. The van der Waals surface area contributed by atoms with Gasteiger partial charge in [0.05, 0.1) is 13.2 Å². The first-order valence-electron chi connectivity index (χ1n) is 12.8. The van der Waals surface area contributed by atoms with Gasteiger partial charge in [0.1, 0.15) is 5.82 Å². The maximum atomic E-state index is 12.8. The van der Waals surface area contributed by atoms with Crippen molar-refractivity contribution in [2.45, 2.75) is 45.2 Å². The summed E-state index contributed by atoms with van der Waals surface area (Å²) in [6.45, 7) is 7.26. The van der Waals surface area contributed by atoms with Crippen LogP contribution in [0.5, 0.6) is 0 Å². The lowest BCUT2D eigenvalue weighted by Crippen LogP contribution is -2.37. The first kappa shape index (κ1) is 27.2. The second kappa shape index (κ2) is 11.7. The number of carbonyl (C=O) groups excluding carboxylic acids is 1. The van der Waals surface area contributed by atoms with Gasteiger partial charge in [-0.1, -0.05) is 13.0 Å². The molecule has 0 spiro atoms. The zero-order valence-corrected chi connectivity index (χ0v) is 21.4. The van der Waals surface area contributed by atoms with E-state index in [1.54, 1.807) is 6.07 Å². The van der Waals surface area contributed by atoms with Crippen molar-refractivity contribution in [3.63, 3.8) is 0 Å². The van der Waals surface area contributed by atoms with Crippen LogP contribution in [0.25, 0.3) is 11.1 Å². The first-order chi connectivity index (χ1) is 17.6. The smallest absolute Gasteiger partial charge is 0.389 e. The normalized spacial score (nSPS) is 19.2. The molecule has 2 amide bonds. The van der Waals surface area contributed by atoms with Crippen LogP contribution in [0, 0.1) is 12.8 Å². The number of aliphatic hydroxyl groups is 1. The SMILES string of the molecule is Cc1ccc(NC(=O)N2CC[C@@H](CC(F)(F)F)C2)cc1-c1cc(C(C)CCO)nc(N2CCOCC2)c1. The lowest BCUT2D eigenvalue weighted by Gasteiger charge is -2.29. The fraction of sp³-hybridized carbons (Fsp3) is 0.556. The zero-order chi connectivity index (χ0) is 26.6. The molecule has 2 aromatic rings. The number of aliphatic hydroxyl groups excluding tert-OH is 1. The fourth-order valence-corrected chi connectivity index (χ4v) is 4.97. The zero-order valence-electron chi connectivity index (χ0n) is 21.4. The number of carbonyl (C=O) groups is 1. The number of anilines is 2. The predicted octanol–water partition coefficient (Wildman–Crippen LogP) is 5.19. The molecule has 0 saturated carbocycles. The Labute approximate surface area is 215 Å². The van der Waals surface area contributed by atoms with Crippen molar-refractivity contribution in [1.82, 2.24) is 9.88 Å². The van der Waals surface area contributed by atoms with Gasteiger partial charge in [0.25, 0.3) is 0 Å². The lowest BCUT2D eigenvalue weighted by molar-refractivity contribution is -0.143. The third-order valence-corrected chi connectivity index (χ3v) is 7.13. The number of nitrogens with one attached hydrogen (secondary N) is 1. The van der Waals surface area contributed by atoms with Gasteiger partial charge >= 0.3 is 12.2 Å². The van der Waals surface area contributed by atoms with Crippen LogP contribution in [-0.2, 0) is 4.74 Å². The minimum Gasteiger partial charge on any atom is -0.396 e. The van der Waals surface area contributed by atoms with Gasteiger partial charge in [0, 0.05) is 56.5 Å². The van der Waals surface area contributed by atoms with E-state index in [1.807, 2.05) is 38.1 Å². The molecule has 1 aromatic carbocycles. The summed E-state index contributed by atoms with van der Waals surface area (Å²) in [5.41, 5.74) is 4.37. The highest BCUT2D eigenvalue weighted by molar-refractivity contribution is 5.90. The number of nitrogens with zero attached hydrogens (tertiary/aromatic N) is 3. The molecule has 202 valence electrons. The number of alkyl halides is 3. The summed E-state index contributed by atoms with van der Waals surface area (Å²) in [7, 11) is 0. The van der Waals surface area contributed by atoms with E-state index in [0.717, 1.165) is 41.3 Å². The molecule has 37 heavy (non-hydrogen) atoms. The van der Waals surface area contributed by atoms with Gasteiger partial charge in [-0.15, -0.1) is 0 Å². The molecule has 2 fully saturated rings. The third-order valence-electron chi connectivity index (χ3n) is 7.13. The topological polar surface area (TPSA) is 77.9 Å². The number of hydrogen-bond donors (Lipinski definition) is 2. The molecule has 0 bridgehead atoms. The van der Waals surface area contributed by atoms with E-state index in [0.29, 0.717) is 38.3 Å². The minimum absolute atomic E-state index is 0.0627. The lowest BCUT2D eigenvalue weighted by atomic mass is 9.96. The van der Waals surface area contributed by atoms with Gasteiger partial charge < -0.3 is 25.0 Å². The van der Waals surface area contributed by atoms with Gasteiger partial charge in [-0.05, 0) is 66.6 Å².